The lowest BCUT2D eigenvalue weighted by molar-refractivity contribution is -0.165. The van der Waals surface area contributed by atoms with E-state index < -0.39 is 30.5 Å². The molecule has 1 rings (SSSR count). The molecule has 0 aromatic heterocycles. The van der Waals surface area contributed by atoms with Crippen molar-refractivity contribution < 1.29 is 27.5 Å². The average molecular weight is 296 g/mol. The molecule has 0 bridgehead atoms. The lowest BCUT2D eigenvalue weighted by Gasteiger charge is -2.27. The molecule has 0 unspecified atom stereocenters. The van der Waals surface area contributed by atoms with Gasteiger partial charge in [-0.3, -0.25) is 9.59 Å². The van der Waals surface area contributed by atoms with Crippen LogP contribution in [-0.2, 0) is 14.3 Å². The second kappa shape index (κ2) is 6.92. The van der Waals surface area contributed by atoms with Gasteiger partial charge in [0.25, 0.3) is 0 Å². The molecular weight excluding hydrogens is 277 g/mol. The molecule has 5 nitrogen and oxygen atoms in total. The minimum absolute atomic E-state index is 0.0173. The van der Waals surface area contributed by atoms with Crippen LogP contribution < -0.4 is 5.32 Å². The van der Waals surface area contributed by atoms with Crippen molar-refractivity contribution in [3.63, 3.8) is 0 Å². The molecule has 2 atom stereocenters. The number of carbonyl (C=O) groups is 2. The van der Waals surface area contributed by atoms with E-state index >= 15 is 0 Å². The SMILES string of the molecule is COC(=O)CCN(CC(F)(F)F)C(=O)[C@@H]1CNC[C@H]1C. The maximum atomic E-state index is 12.5. The highest BCUT2D eigenvalue weighted by molar-refractivity contribution is 5.80. The van der Waals surface area contributed by atoms with E-state index in [-0.39, 0.29) is 18.9 Å². The van der Waals surface area contributed by atoms with Crippen molar-refractivity contribution in [3.05, 3.63) is 0 Å². The van der Waals surface area contributed by atoms with Crippen molar-refractivity contribution in [1.29, 1.82) is 0 Å². The number of carbonyl (C=O) groups excluding carboxylic acids is 2. The first-order valence-corrected chi connectivity index (χ1v) is 6.37. The van der Waals surface area contributed by atoms with Crippen LogP contribution in [0.15, 0.2) is 0 Å². The molecule has 0 aromatic rings. The molecule has 1 aliphatic rings. The van der Waals surface area contributed by atoms with Gasteiger partial charge in [-0.05, 0) is 12.5 Å². The Morgan fingerprint density at radius 3 is 2.45 bits per heavy atom. The Morgan fingerprint density at radius 2 is 2.00 bits per heavy atom. The number of nitrogens with one attached hydrogen (secondary N) is 1. The smallest absolute Gasteiger partial charge is 0.406 e. The number of esters is 1. The molecule has 1 N–H and O–H groups in total. The molecule has 0 spiro atoms. The zero-order valence-electron chi connectivity index (χ0n) is 11.5. The summed E-state index contributed by atoms with van der Waals surface area (Å²) >= 11 is 0. The van der Waals surface area contributed by atoms with E-state index in [1.165, 1.54) is 0 Å². The van der Waals surface area contributed by atoms with E-state index in [1.54, 1.807) is 0 Å². The van der Waals surface area contributed by atoms with Crippen molar-refractivity contribution in [1.82, 2.24) is 10.2 Å². The van der Waals surface area contributed by atoms with Crippen LogP contribution in [0.2, 0.25) is 0 Å². The van der Waals surface area contributed by atoms with E-state index in [9.17, 15) is 22.8 Å². The topological polar surface area (TPSA) is 58.6 Å². The van der Waals surface area contributed by atoms with Crippen LogP contribution >= 0.6 is 0 Å². The molecule has 8 heteroatoms. The zero-order chi connectivity index (χ0) is 15.3. The Labute approximate surface area is 115 Å². The van der Waals surface area contributed by atoms with Gasteiger partial charge < -0.3 is 15.0 Å². The van der Waals surface area contributed by atoms with Crippen LogP contribution in [0.3, 0.4) is 0 Å². The maximum Gasteiger partial charge on any atom is 0.406 e. The summed E-state index contributed by atoms with van der Waals surface area (Å²) in [6.07, 6.45) is -4.73. The molecule has 0 aliphatic carbocycles. The lowest BCUT2D eigenvalue weighted by atomic mass is 9.96. The summed E-state index contributed by atoms with van der Waals surface area (Å²) in [4.78, 5) is 23.9. The average Bonchev–Trinajstić information content (AvgIpc) is 2.78. The second-order valence-corrected chi connectivity index (χ2v) is 4.94. The van der Waals surface area contributed by atoms with Crippen molar-refractivity contribution >= 4 is 11.9 Å². The number of hydrogen-bond donors (Lipinski definition) is 1. The fraction of sp³-hybridized carbons (Fsp3) is 0.833. The third-order valence-electron chi connectivity index (χ3n) is 3.33. The van der Waals surface area contributed by atoms with Crippen molar-refractivity contribution in [3.8, 4) is 0 Å². The lowest BCUT2D eigenvalue weighted by Crippen LogP contribution is -2.44. The van der Waals surface area contributed by atoms with Gasteiger partial charge in [-0.2, -0.15) is 13.2 Å². The number of ether oxygens (including phenoxy) is 1. The third-order valence-corrected chi connectivity index (χ3v) is 3.33. The first-order chi connectivity index (χ1) is 9.24. The highest BCUT2D eigenvalue weighted by Crippen LogP contribution is 2.22. The number of nitrogens with zero attached hydrogens (tertiary/aromatic N) is 1. The Kier molecular flexibility index (Phi) is 5.79. The predicted molar refractivity (Wildman–Crippen MR) is 64.8 cm³/mol. The van der Waals surface area contributed by atoms with Crippen molar-refractivity contribution in [2.24, 2.45) is 11.8 Å². The van der Waals surface area contributed by atoms with Crippen LogP contribution in [0.1, 0.15) is 13.3 Å². The fourth-order valence-electron chi connectivity index (χ4n) is 2.19. The van der Waals surface area contributed by atoms with Crippen LogP contribution in [-0.4, -0.2) is 56.2 Å². The minimum Gasteiger partial charge on any atom is -0.469 e. The molecule has 20 heavy (non-hydrogen) atoms. The van der Waals surface area contributed by atoms with Gasteiger partial charge in [-0.25, -0.2) is 0 Å². The molecule has 1 aliphatic heterocycles. The Balaban J connectivity index is 2.70. The van der Waals surface area contributed by atoms with Gasteiger partial charge in [0.1, 0.15) is 6.54 Å². The Bertz CT molecular complexity index is 360. The summed E-state index contributed by atoms with van der Waals surface area (Å²) < 4.78 is 42.0. The van der Waals surface area contributed by atoms with Crippen molar-refractivity contribution in [2.45, 2.75) is 19.5 Å². The molecule has 0 aromatic carbocycles. The first-order valence-electron chi connectivity index (χ1n) is 6.37. The van der Waals surface area contributed by atoms with Gasteiger partial charge >= 0.3 is 12.1 Å². The molecule has 1 heterocycles. The Morgan fingerprint density at radius 1 is 1.35 bits per heavy atom. The number of halogens is 3. The van der Waals surface area contributed by atoms with E-state index in [0.717, 1.165) is 7.11 Å². The summed E-state index contributed by atoms with van der Waals surface area (Å²) in [6.45, 7) is 1.16. The molecule has 0 saturated carbocycles. The highest BCUT2D eigenvalue weighted by atomic mass is 19.4. The van der Waals surface area contributed by atoms with Gasteiger partial charge in [0.05, 0.1) is 19.4 Å². The van der Waals surface area contributed by atoms with Crippen LogP contribution in [0, 0.1) is 11.8 Å². The summed E-state index contributed by atoms with van der Waals surface area (Å²) in [6, 6.07) is 0. The standard InChI is InChI=1S/C12H19F3N2O3/c1-8-5-16-6-9(8)11(19)17(7-12(13,14)15)4-3-10(18)20-2/h8-9,16H,3-7H2,1-2H3/t8-,9-/m1/s1. The summed E-state index contributed by atoms with van der Waals surface area (Å²) in [5.74, 6) is -1.70. The third kappa shape index (κ3) is 4.99. The normalized spacial score (nSPS) is 22.6. The van der Waals surface area contributed by atoms with Gasteiger partial charge in [0.15, 0.2) is 0 Å². The Hall–Kier alpha value is -1.31. The molecule has 0 radical (unpaired) electrons. The zero-order valence-corrected chi connectivity index (χ0v) is 11.5. The fourth-order valence-corrected chi connectivity index (χ4v) is 2.19. The minimum atomic E-state index is -4.49. The van der Waals surface area contributed by atoms with Gasteiger partial charge in [0, 0.05) is 13.1 Å². The maximum absolute atomic E-state index is 12.5. The number of rotatable bonds is 5. The number of amides is 1. The predicted octanol–water partition coefficient (Wildman–Crippen LogP) is 0.796. The highest BCUT2D eigenvalue weighted by Gasteiger charge is 2.38. The van der Waals surface area contributed by atoms with Gasteiger partial charge in [-0.15, -0.1) is 0 Å². The van der Waals surface area contributed by atoms with Gasteiger partial charge in [-0.1, -0.05) is 6.92 Å². The number of alkyl halides is 3. The molecule has 1 amide bonds. The number of methoxy groups -OCH3 is 1. The van der Waals surface area contributed by atoms with Crippen LogP contribution in [0.4, 0.5) is 13.2 Å². The largest absolute Gasteiger partial charge is 0.469 e. The van der Waals surface area contributed by atoms with E-state index in [4.69, 9.17) is 0 Å². The second-order valence-electron chi connectivity index (χ2n) is 4.94. The van der Waals surface area contributed by atoms with Gasteiger partial charge in [0.2, 0.25) is 5.91 Å². The molecule has 1 fully saturated rings. The van der Waals surface area contributed by atoms with E-state index in [0.29, 0.717) is 18.0 Å². The van der Waals surface area contributed by atoms with E-state index in [2.05, 4.69) is 10.1 Å². The molecule has 116 valence electrons. The quantitative estimate of drug-likeness (QED) is 0.762. The van der Waals surface area contributed by atoms with Crippen LogP contribution in [0.25, 0.3) is 0 Å². The first kappa shape index (κ1) is 16.7. The van der Waals surface area contributed by atoms with Crippen LogP contribution in [0.5, 0.6) is 0 Å². The van der Waals surface area contributed by atoms with E-state index in [1.807, 2.05) is 6.92 Å². The monoisotopic (exact) mass is 296 g/mol. The number of hydrogen-bond acceptors (Lipinski definition) is 4. The summed E-state index contributed by atoms with van der Waals surface area (Å²) in [5, 5.41) is 2.98. The summed E-state index contributed by atoms with van der Waals surface area (Å²) in [7, 11) is 1.15. The molecule has 1 saturated heterocycles. The summed E-state index contributed by atoms with van der Waals surface area (Å²) in [5.41, 5.74) is 0. The van der Waals surface area contributed by atoms with Crippen molar-refractivity contribution in [2.75, 3.05) is 33.3 Å². The molecular formula is C12H19F3N2O3.